The minimum Gasteiger partial charge on any atom is -0.368 e. The summed E-state index contributed by atoms with van der Waals surface area (Å²) in [5, 5.41) is 2.87. The van der Waals surface area contributed by atoms with Crippen LogP contribution in [0.2, 0.25) is 0 Å². The zero-order valence-corrected chi connectivity index (χ0v) is 13.4. The van der Waals surface area contributed by atoms with Gasteiger partial charge in [-0.15, -0.1) is 0 Å². The second-order valence-corrected chi connectivity index (χ2v) is 6.86. The Kier molecular flexibility index (Phi) is 3.71. The first kappa shape index (κ1) is 14.5. The first-order chi connectivity index (χ1) is 11.2. The summed E-state index contributed by atoms with van der Waals surface area (Å²) in [6, 6.07) is 6.17. The molecule has 1 saturated heterocycles. The molecule has 0 unspecified atom stereocenters. The number of hydrogen-bond donors (Lipinski definition) is 1. The Bertz CT molecular complexity index is 629. The number of nitrogens with one attached hydrogen (secondary N) is 1. The van der Waals surface area contributed by atoms with Gasteiger partial charge in [0.05, 0.1) is 6.42 Å². The van der Waals surface area contributed by atoms with Gasteiger partial charge in [-0.25, -0.2) is 0 Å². The highest BCUT2D eigenvalue weighted by atomic mass is 16.2. The fraction of sp³-hybridized carbons (Fsp3) is 0.556. The number of fused-ring (bicyclic) bond motifs is 1. The van der Waals surface area contributed by atoms with Crippen molar-refractivity contribution < 1.29 is 9.59 Å². The van der Waals surface area contributed by atoms with Crippen molar-refractivity contribution >= 4 is 23.2 Å². The van der Waals surface area contributed by atoms with Crippen LogP contribution in [0.25, 0.3) is 0 Å². The number of hydrogen-bond acceptors (Lipinski definition) is 3. The molecular weight excluding hydrogens is 290 g/mol. The minimum atomic E-state index is 0.0733. The number of amides is 2. The van der Waals surface area contributed by atoms with Crippen molar-refractivity contribution in [2.75, 3.05) is 36.4 Å². The van der Waals surface area contributed by atoms with Crippen LogP contribution in [0.15, 0.2) is 18.2 Å². The zero-order chi connectivity index (χ0) is 15.8. The minimum absolute atomic E-state index is 0.0733. The topological polar surface area (TPSA) is 52.7 Å². The van der Waals surface area contributed by atoms with Gasteiger partial charge in [-0.1, -0.05) is 12.8 Å². The number of benzene rings is 1. The van der Waals surface area contributed by atoms with E-state index in [1.807, 2.05) is 11.0 Å². The fourth-order valence-electron chi connectivity index (χ4n) is 4.03. The molecule has 0 bridgehead atoms. The Balaban J connectivity index is 1.39. The number of anilines is 2. The van der Waals surface area contributed by atoms with Gasteiger partial charge in [0.2, 0.25) is 11.8 Å². The van der Waals surface area contributed by atoms with Crippen LogP contribution in [0, 0.1) is 5.92 Å². The van der Waals surface area contributed by atoms with Crippen molar-refractivity contribution in [1.82, 2.24) is 4.90 Å². The van der Waals surface area contributed by atoms with Crippen LogP contribution in [0.3, 0.4) is 0 Å². The number of nitrogens with zero attached hydrogens (tertiary/aromatic N) is 2. The molecule has 2 fully saturated rings. The van der Waals surface area contributed by atoms with Crippen molar-refractivity contribution in [2.45, 2.75) is 32.1 Å². The molecule has 23 heavy (non-hydrogen) atoms. The summed E-state index contributed by atoms with van der Waals surface area (Å²) < 4.78 is 0. The predicted octanol–water partition coefficient (Wildman–Crippen LogP) is 2.02. The molecule has 4 rings (SSSR count). The number of carbonyl (C=O) groups is 2. The molecule has 2 heterocycles. The lowest BCUT2D eigenvalue weighted by Gasteiger charge is -2.37. The molecule has 3 aliphatic rings. The van der Waals surface area contributed by atoms with Gasteiger partial charge in [-0.3, -0.25) is 9.59 Å². The van der Waals surface area contributed by atoms with Gasteiger partial charge in [0.25, 0.3) is 0 Å². The van der Waals surface area contributed by atoms with Gasteiger partial charge in [0.1, 0.15) is 0 Å². The van der Waals surface area contributed by atoms with Crippen molar-refractivity contribution in [2.24, 2.45) is 5.92 Å². The normalized spacial score (nSPS) is 21.5. The van der Waals surface area contributed by atoms with Crippen molar-refractivity contribution in [3.63, 3.8) is 0 Å². The summed E-state index contributed by atoms with van der Waals surface area (Å²) in [5.41, 5.74) is 3.18. The first-order valence-corrected chi connectivity index (χ1v) is 8.67. The molecule has 122 valence electrons. The summed E-state index contributed by atoms with van der Waals surface area (Å²) in [7, 11) is 0. The third-order valence-corrected chi connectivity index (χ3v) is 5.37. The number of rotatable bonds is 2. The first-order valence-electron chi connectivity index (χ1n) is 8.67. The molecule has 0 radical (unpaired) electrons. The fourth-order valence-corrected chi connectivity index (χ4v) is 4.03. The molecule has 5 heteroatoms. The number of carbonyl (C=O) groups excluding carboxylic acids is 2. The summed E-state index contributed by atoms with van der Waals surface area (Å²) >= 11 is 0. The van der Waals surface area contributed by atoms with Crippen molar-refractivity contribution in [3.05, 3.63) is 23.8 Å². The predicted molar refractivity (Wildman–Crippen MR) is 89.5 cm³/mol. The smallest absolute Gasteiger partial charge is 0.228 e. The maximum absolute atomic E-state index is 12.5. The Morgan fingerprint density at radius 1 is 1.09 bits per heavy atom. The van der Waals surface area contributed by atoms with E-state index in [1.54, 1.807) is 0 Å². The summed E-state index contributed by atoms with van der Waals surface area (Å²) in [5.74, 6) is 0.716. The Hall–Kier alpha value is -2.04. The molecule has 5 nitrogen and oxygen atoms in total. The molecule has 1 aliphatic carbocycles. The van der Waals surface area contributed by atoms with Crippen LogP contribution in [0.4, 0.5) is 11.4 Å². The highest BCUT2D eigenvalue weighted by Gasteiger charge is 2.29. The van der Waals surface area contributed by atoms with Gasteiger partial charge in [-0.05, 0) is 36.6 Å². The van der Waals surface area contributed by atoms with E-state index in [9.17, 15) is 9.59 Å². The highest BCUT2D eigenvalue weighted by Crippen LogP contribution is 2.30. The molecular formula is C18H23N3O2. The third kappa shape index (κ3) is 2.80. The summed E-state index contributed by atoms with van der Waals surface area (Å²) in [6.45, 7) is 3.37. The van der Waals surface area contributed by atoms with Crippen LogP contribution < -0.4 is 10.2 Å². The van der Waals surface area contributed by atoms with Gasteiger partial charge in [0, 0.05) is 43.5 Å². The maximum atomic E-state index is 12.5. The van der Waals surface area contributed by atoms with Gasteiger partial charge >= 0.3 is 0 Å². The van der Waals surface area contributed by atoms with Crippen LogP contribution in [-0.2, 0) is 16.0 Å². The largest absolute Gasteiger partial charge is 0.368 e. The average Bonchev–Trinajstić information content (AvgIpc) is 3.22. The van der Waals surface area contributed by atoms with Crippen LogP contribution in [0.1, 0.15) is 31.2 Å². The van der Waals surface area contributed by atoms with E-state index in [4.69, 9.17) is 0 Å². The van der Waals surface area contributed by atoms with Gasteiger partial charge in [-0.2, -0.15) is 0 Å². The molecule has 1 N–H and O–H groups in total. The van der Waals surface area contributed by atoms with Crippen LogP contribution in [0.5, 0.6) is 0 Å². The van der Waals surface area contributed by atoms with E-state index >= 15 is 0 Å². The SMILES string of the molecule is O=C1Cc2cc(N3CCN(C(=O)C4CCCC4)CC3)ccc2N1. The van der Waals surface area contributed by atoms with Gasteiger partial charge in [0.15, 0.2) is 0 Å². The lowest BCUT2D eigenvalue weighted by atomic mass is 10.1. The second kappa shape index (κ2) is 5.87. The van der Waals surface area contributed by atoms with E-state index in [1.165, 1.54) is 12.8 Å². The van der Waals surface area contributed by atoms with E-state index in [-0.39, 0.29) is 11.8 Å². The number of piperazine rings is 1. The molecule has 1 aromatic rings. The lowest BCUT2D eigenvalue weighted by Crippen LogP contribution is -2.50. The molecule has 0 atom stereocenters. The molecule has 0 spiro atoms. The zero-order valence-electron chi connectivity index (χ0n) is 13.4. The summed E-state index contributed by atoms with van der Waals surface area (Å²) in [6.07, 6.45) is 5.04. The van der Waals surface area contributed by atoms with Crippen molar-refractivity contribution in [3.8, 4) is 0 Å². The molecule has 2 aliphatic heterocycles. The average molecular weight is 313 g/mol. The van der Waals surface area contributed by atoms with E-state index in [0.29, 0.717) is 12.3 Å². The van der Waals surface area contributed by atoms with E-state index in [2.05, 4.69) is 22.3 Å². The van der Waals surface area contributed by atoms with Gasteiger partial charge < -0.3 is 15.1 Å². The standard InChI is InChI=1S/C18H23N3O2/c22-17-12-14-11-15(5-6-16(14)19-17)20-7-9-21(10-8-20)18(23)13-3-1-2-4-13/h5-6,11,13H,1-4,7-10,12H2,(H,19,22). The molecule has 1 saturated carbocycles. The Morgan fingerprint density at radius 3 is 2.57 bits per heavy atom. The van der Waals surface area contributed by atoms with E-state index < -0.39 is 0 Å². The quantitative estimate of drug-likeness (QED) is 0.909. The molecule has 1 aromatic carbocycles. The Morgan fingerprint density at radius 2 is 1.83 bits per heavy atom. The lowest BCUT2D eigenvalue weighted by molar-refractivity contribution is -0.135. The molecule has 0 aromatic heterocycles. The second-order valence-electron chi connectivity index (χ2n) is 6.86. The maximum Gasteiger partial charge on any atom is 0.228 e. The third-order valence-electron chi connectivity index (χ3n) is 5.37. The molecule has 2 amide bonds. The highest BCUT2D eigenvalue weighted by molar-refractivity contribution is 5.99. The van der Waals surface area contributed by atoms with Crippen LogP contribution in [-0.4, -0.2) is 42.9 Å². The monoisotopic (exact) mass is 313 g/mol. The van der Waals surface area contributed by atoms with E-state index in [0.717, 1.165) is 56.0 Å². The summed E-state index contributed by atoms with van der Waals surface area (Å²) in [4.78, 5) is 28.3. The Labute approximate surface area is 136 Å². The van der Waals surface area contributed by atoms with Crippen molar-refractivity contribution in [1.29, 1.82) is 0 Å². The van der Waals surface area contributed by atoms with Crippen LogP contribution >= 0.6 is 0 Å².